The molecule has 4 heterocycles. The van der Waals surface area contributed by atoms with E-state index in [1.807, 2.05) is 12.1 Å². The maximum absolute atomic E-state index is 6.88. The van der Waals surface area contributed by atoms with Gasteiger partial charge in [-0.25, -0.2) is 0 Å². The summed E-state index contributed by atoms with van der Waals surface area (Å²) in [5.41, 5.74) is 15.9. The first-order chi connectivity index (χ1) is 28.7. The molecule has 4 aliphatic heterocycles. The van der Waals surface area contributed by atoms with E-state index in [2.05, 4.69) is 146 Å². The van der Waals surface area contributed by atoms with Gasteiger partial charge in [0.2, 0.25) is 0 Å². The lowest BCUT2D eigenvalue weighted by molar-refractivity contribution is 0.646. The molecule has 0 amide bonds. The van der Waals surface area contributed by atoms with E-state index in [0.717, 1.165) is 121 Å². The molecule has 15 rings (SSSR count). The molecule has 266 valence electrons. The van der Waals surface area contributed by atoms with Crippen LogP contribution in [0.2, 0.25) is 0 Å². The molecule has 0 spiro atoms. The minimum atomic E-state index is 0.842. The molecule has 0 saturated heterocycles. The van der Waals surface area contributed by atoms with Gasteiger partial charge >= 0.3 is 0 Å². The molecule has 0 N–H and O–H groups in total. The Kier molecular flexibility index (Phi) is 5.14. The van der Waals surface area contributed by atoms with Crippen LogP contribution in [0.25, 0.3) is 154 Å². The third kappa shape index (κ3) is 3.53. The zero-order valence-electron chi connectivity index (χ0n) is 30.6. The Hall–Kier alpha value is -7.82. The zero-order valence-corrected chi connectivity index (χ0v) is 30.6. The van der Waals surface area contributed by atoms with Gasteiger partial charge in [-0.1, -0.05) is 97.1 Å². The summed E-state index contributed by atoms with van der Waals surface area (Å²) in [6.07, 6.45) is 0. The topological polar surface area (TPSA) is 52.6 Å². The van der Waals surface area contributed by atoms with Gasteiger partial charge in [-0.05, 0) is 126 Å². The number of fused-ring (bicyclic) bond motifs is 2. The SMILES string of the molecule is c1cc2ccc3oc4cc(-c5c6ccccc6c(-c6cc7ccc8oc9cccc%10ccc%11oc(c6)c7c8-c%11c%109)c6ccccc56)cc5ccc6oc(c1)c2c3-c6c54. The molecule has 0 saturated carbocycles. The Labute approximate surface area is 328 Å². The number of rotatable bonds is 2. The fraction of sp³-hybridized carbons (Fsp3) is 0. The summed E-state index contributed by atoms with van der Waals surface area (Å²) in [5, 5.41) is 13.6. The van der Waals surface area contributed by atoms with Crippen molar-refractivity contribution in [2.45, 2.75) is 0 Å². The highest BCUT2D eigenvalue weighted by atomic mass is 16.3. The minimum absolute atomic E-state index is 0.842. The molecule has 0 fully saturated rings. The van der Waals surface area contributed by atoms with Crippen LogP contribution < -0.4 is 0 Å². The molecule has 11 aromatic rings. The van der Waals surface area contributed by atoms with Gasteiger partial charge in [0.25, 0.3) is 0 Å². The predicted octanol–water partition coefficient (Wildman–Crippen LogP) is 16.0. The molecular formula is C54H26O4. The van der Waals surface area contributed by atoms with E-state index in [4.69, 9.17) is 17.7 Å². The summed E-state index contributed by atoms with van der Waals surface area (Å²) in [6, 6.07) is 56.3. The third-order valence-electron chi connectivity index (χ3n) is 12.9. The summed E-state index contributed by atoms with van der Waals surface area (Å²) in [5.74, 6) is 0. The molecule has 58 heavy (non-hydrogen) atoms. The van der Waals surface area contributed by atoms with E-state index in [9.17, 15) is 0 Å². The van der Waals surface area contributed by atoms with Crippen LogP contribution in [0.4, 0.5) is 0 Å². The van der Waals surface area contributed by atoms with Crippen LogP contribution in [-0.4, -0.2) is 0 Å². The second-order valence-corrected chi connectivity index (χ2v) is 15.9. The molecule has 4 heteroatoms. The van der Waals surface area contributed by atoms with Crippen molar-refractivity contribution in [1.29, 1.82) is 0 Å². The molecular weight excluding hydrogens is 713 g/mol. The molecule has 0 aromatic heterocycles. The molecule has 0 atom stereocenters. The van der Waals surface area contributed by atoms with E-state index in [1.54, 1.807) is 0 Å². The molecule has 0 bridgehead atoms. The number of hydrogen-bond donors (Lipinski definition) is 0. The number of hydrogen-bond acceptors (Lipinski definition) is 4. The van der Waals surface area contributed by atoms with Crippen LogP contribution in [0.3, 0.4) is 0 Å². The monoisotopic (exact) mass is 738 g/mol. The standard InChI is InChI=1S/C54H26O4/c1-2-10-34-33(9-1)45(31-23-29-17-21-39-53-49(29)43(25-31)57-41-19-15-27-7-5-13-37(55-39)47(27)51(41)53)35-11-3-4-12-36(35)46(34)32-24-30-18-22-40-54-50(30)44(26-32)58-42-20-16-28-8-6-14-38(56-40)48(28)52(42)54/h1-26H. The summed E-state index contributed by atoms with van der Waals surface area (Å²) >= 11 is 0. The lowest BCUT2D eigenvalue weighted by Crippen LogP contribution is -1.96. The summed E-state index contributed by atoms with van der Waals surface area (Å²) < 4.78 is 26.9. The second kappa shape index (κ2) is 10.1. The van der Waals surface area contributed by atoms with Crippen molar-refractivity contribution in [2.24, 2.45) is 0 Å². The van der Waals surface area contributed by atoms with Gasteiger partial charge in [-0.2, -0.15) is 0 Å². The van der Waals surface area contributed by atoms with Crippen molar-refractivity contribution in [1.82, 2.24) is 0 Å². The third-order valence-corrected chi connectivity index (χ3v) is 12.9. The van der Waals surface area contributed by atoms with Crippen molar-refractivity contribution in [3.8, 4) is 44.5 Å². The van der Waals surface area contributed by atoms with Gasteiger partial charge in [0.15, 0.2) is 0 Å². The summed E-state index contributed by atoms with van der Waals surface area (Å²) in [4.78, 5) is 0. The van der Waals surface area contributed by atoms with Crippen molar-refractivity contribution >= 4 is 109 Å². The smallest absolute Gasteiger partial charge is 0.136 e. The summed E-state index contributed by atoms with van der Waals surface area (Å²) in [6.45, 7) is 0. The van der Waals surface area contributed by atoms with E-state index < -0.39 is 0 Å². The molecule has 0 radical (unpaired) electrons. The van der Waals surface area contributed by atoms with Gasteiger partial charge in [-0.3, -0.25) is 0 Å². The Morgan fingerprint density at radius 3 is 0.966 bits per heavy atom. The van der Waals surface area contributed by atoms with Crippen LogP contribution in [0, 0.1) is 0 Å². The Bertz CT molecular complexity index is 3820. The lowest BCUT2D eigenvalue weighted by Gasteiger charge is -2.22. The predicted molar refractivity (Wildman–Crippen MR) is 237 cm³/mol. The van der Waals surface area contributed by atoms with E-state index in [-0.39, 0.29) is 0 Å². The molecule has 4 aliphatic rings. The molecule has 0 aliphatic carbocycles. The first kappa shape index (κ1) is 29.5. The first-order valence-electron chi connectivity index (χ1n) is 19.7. The van der Waals surface area contributed by atoms with Crippen LogP contribution in [0.15, 0.2) is 175 Å². The normalized spacial score (nSPS) is 12.8. The van der Waals surface area contributed by atoms with E-state index in [1.165, 1.54) is 32.7 Å². The van der Waals surface area contributed by atoms with Gasteiger partial charge in [0, 0.05) is 43.8 Å². The average Bonchev–Trinajstić information content (AvgIpc) is 3.27. The second-order valence-electron chi connectivity index (χ2n) is 15.9. The van der Waals surface area contributed by atoms with Crippen molar-refractivity contribution in [2.75, 3.05) is 0 Å². The number of benzene rings is 11. The van der Waals surface area contributed by atoms with Crippen LogP contribution in [0.1, 0.15) is 0 Å². The Morgan fingerprint density at radius 2 is 0.569 bits per heavy atom. The zero-order chi connectivity index (χ0) is 37.4. The van der Waals surface area contributed by atoms with E-state index >= 15 is 0 Å². The quantitative estimate of drug-likeness (QED) is 0.131. The molecule has 4 nitrogen and oxygen atoms in total. The Balaban J connectivity index is 1.02. The average molecular weight is 739 g/mol. The van der Waals surface area contributed by atoms with Crippen molar-refractivity contribution in [3.63, 3.8) is 0 Å². The van der Waals surface area contributed by atoms with Gasteiger partial charge < -0.3 is 17.7 Å². The lowest BCUT2D eigenvalue weighted by atomic mass is 9.83. The highest BCUT2D eigenvalue weighted by Gasteiger charge is 2.28. The van der Waals surface area contributed by atoms with Crippen molar-refractivity contribution < 1.29 is 17.7 Å². The Morgan fingerprint density at radius 1 is 0.224 bits per heavy atom. The minimum Gasteiger partial charge on any atom is -0.456 e. The van der Waals surface area contributed by atoms with Gasteiger partial charge in [0.05, 0.1) is 0 Å². The maximum Gasteiger partial charge on any atom is 0.136 e. The fourth-order valence-corrected chi connectivity index (χ4v) is 10.6. The van der Waals surface area contributed by atoms with Crippen LogP contribution >= 0.6 is 0 Å². The fourth-order valence-electron chi connectivity index (χ4n) is 10.6. The first-order valence-corrected chi connectivity index (χ1v) is 19.7. The van der Waals surface area contributed by atoms with E-state index in [0.29, 0.717) is 0 Å². The largest absolute Gasteiger partial charge is 0.456 e. The van der Waals surface area contributed by atoms with Crippen LogP contribution in [0.5, 0.6) is 0 Å². The highest BCUT2D eigenvalue weighted by molar-refractivity contribution is 6.28. The van der Waals surface area contributed by atoms with Gasteiger partial charge in [-0.15, -0.1) is 0 Å². The maximum atomic E-state index is 6.88. The van der Waals surface area contributed by atoms with Gasteiger partial charge in [0.1, 0.15) is 44.7 Å². The summed E-state index contributed by atoms with van der Waals surface area (Å²) in [7, 11) is 0. The molecule has 11 aromatic carbocycles. The van der Waals surface area contributed by atoms with Crippen LogP contribution in [-0.2, 0) is 0 Å². The highest BCUT2D eigenvalue weighted by Crippen LogP contribution is 2.52. The van der Waals surface area contributed by atoms with Crippen molar-refractivity contribution in [3.05, 3.63) is 158 Å². The molecule has 0 unspecified atom stereocenters.